The Hall–Kier alpha value is -6.44. The van der Waals surface area contributed by atoms with Gasteiger partial charge in [-0.1, -0.05) is 48.5 Å². The second kappa shape index (κ2) is 21.0. The van der Waals surface area contributed by atoms with Crippen LogP contribution in [-0.4, -0.2) is 75.2 Å². The summed E-state index contributed by atoms with van der Waals surface area (Å²) in [6, 6.07) is 27.5. The zero-order valence-electron chi connectivity index (χ0n) is 32.5. The van der Waals surface area contributed by atoms with Crippen molar-refractivity contribution < 1.29 is 57.1 Å². The molecule has 0 atom stereocenters. The van der Waals surface area contributed by atoms with E-state index in [1.165, 1.54) is 0 Å². The van der Waals surface area contributed by atoms with Crippen LogP contribution in [0.15, 0.2) is 97.1 Å². The second-order valence-electron chi connectivity index (χ2n) is 13.3. The van der Waals surface area contributed by atoms with E-state index in [9.17, 15) is 19.2 Å². The highest BCUT2D eigenvalue weighted by molar-refractivity contribution is 5.88. The minimum Gasteiger partial charge on any atom is -0.497 e. The molecule has 1 aliphatic carbocycles. The van der Waals surface area contributed by atoms with Gasteiger partial charge >= 0.3 is 24.4 Å². The number of imide groups is 2. The van der Waals surface area contributed by atoms with Gasteiger partial charge in [0.05, 0.1) is 28.4 Å². The molecule has 0 spiro atoms. The SMILES string of the molecule is COc1ccc(COC(=O)N(CC2CCC(N(C(=O)OCc3ccc(OC)cc3)C(=O)OCc3ccc(OC)cc3)CC2)C(=O)OCc2ccc(OC)cc2)cc1. The van der Waals surface area contributed by atoms with Crippen molar-refractivity contribution in [2.45, 2.75) is 58.2 Å². The number of rotatable bonds is 15. The number of hydrogen-bond acceptors (Lipinski definition) is 12. The maximum atomic E-state index is 13.6. The first kappa shape index (κ1) is 41.7. The number of benzene rings is 4. The van der Waals surface area contributed by atoms with Gasteiger partial charge < -0.3 is 37.9 Å². The molecule has 14 nitrogen and oxygen atoms in total. The van der Waals surface area contributed by atoms with Gasteiger partial charge in [0.2, 0.25) is 0 Å². The molecule has 14 heteroatoms. The molecule has 302 valence electrons. The molecule has 5 rings (SSSR count). The third kappa shape index (κ3) is 12.3. The second-order valence-corrected chi connectivity index (χ2v) is 13.3. The lowest BCUT2D eigenvalue weighted by Crippen LogP contribution is -2.48. The Kier molecular flexibility index (Phi) is 15.4. The monoisotopic (exact) mass is 784 g/mol. The molecule has 0 bridgehead atoms. The smallest absolute Gasteiger partial charge is 0.419 e. The predicted octanol–water partition coefficient (Wildman–Crippen LogP) is 8.53. The van der Waals surface area contributed by atoms with Crippen LogP contribution in [0.4, 0.5) is 19.2 Å². The summed E-state index contributed by atoms with van der Waals surface area (Å²) < 4.78 is 43.2. The fourth-order valence-electron chi connectivity index (χ4n) is 6.20. The largest absolute Gasteiger partial charge is 0.497 e. The van der Waals surface area contributed by atoms with Gasteiger partial charge in [-0.2, -0.15) is 0 Å². The molecule has 4 amide bonds. The quantitative estimate of drug-likeness (QED) is 0.106. The summed E-state index contributed by atoms with van der Waals surface area (Å²) in [4.78, 5) is 56.1. The Balaban J connectivity index is 1.25. The lowest BCUT2D eigenvalue weighted by atomic mass is 9.85. The molecular formula is C43H48N2O12. The Bertz CT molecular complexity index is 1770. The fraction of sp³-hybridized carbons (Fsp3) is 0.349. The first-order chi connectivity index (χ1) is 27.7. The molecule has 0 aliphatic heterocycles. The average molecular weight is 785 g/mol. The first-order valence-electron chi connectivity index (χ1n) is 18.4. The third-order valence-electron chi connectivity index (χ3n) is 9.54. The van der Waals surface area contributed by atoms with Crippen molar-refractivity contribution in [1.82, 2.24) is 9.80 Å². The zero-order chi connectivity index (χ0) is 40.6. The predicted molar refractivity (Wildman–Crippen MR) is 207 cm³/mol. The normalized spacial score (nSPS) is 14.7. The molecule has 1 fully saturated rings. The minimum atomic E-state index is -0.862. The Morgan fingerprint density at radius 1 is 0.439 bits per heavy atom. The van der Waals surface area contributed by atoms with Gasteiger partial charge in [0.1, 0.15) is 49.4 Å². The Labute approximate surface area is 332 Å². The van der Waals surface area contributed by atoms with Crippen LogP contribution in [0.5, 0.6) is 23.0 Å². The summed E-state index contributed by atoms with van der Waals surface area (Å²) in [5.74, 6) is 2.43. The molecule has 1 saturated carbocycles. The molecular weight excluding hydrogens is 736 g/mol. The summed E-state index contributed by atoms with van der Waals surface area (Å²) in [5, 5.41) is 0. The van der Waals surface area contributed by atoms with Crippen molar-refractivity contribution in [3.63, 3.8) is 0 Å². The van der Waals surface area contributed by atoms with Gasteiger partial charge in [-0.3, -0.25) is 0 Å². The molecule has 0 unspecified atom stereocenters. The van der Waals surface area contributed by atoms with Crippen LogP contribution in [0.3, 0.4) is 0 Å². The van der Waals surface area contributed by atoms with E-state index >= 15 is 0 Å². The summed E-state index contributed by atoms with van der Waals surface area (Å²) in [6.07, 6.45) is -1.75. The highest BCUT2D eigenvalue weighted by Crippen LogP contribution is 2.30. The Morgan fingerprint density at radius 3 is 1.00 bits per heavy atom. The van der Waals surface area contributed by atoms with E-state index in [0.717, 1.165) is 9.80 Å². The summed E-state index contributed by atoms with van der Waals surface area (Å²) in [7, 11) is 6.23. The van der Waals surface area contributed by atoms with Gasteiger partial charge in [0.15, 0.2) is 0 Å². The van der Waals surface area contributed by atoms with E-state index in [1.54, 1.807) is 126 Å². The van der Waals surface area contributed by atoms with Crippen molar-refractivity contribution in [2.24, 2.45) is 5.92 Å². The summed E-state index contributed by atoms with van der Waals surface area (Å²) in [5.41, 5.74) is 2.82. The molecule has 1 aliphatic rings. The van der Waals surface area contributed by atoms with Crippen molar-refractivity contribution in [1.29, 1.82) is 0 Å². The van der Waals surface area contributed by atoms with Gasteiger partial charge in [0, 0.05) is 12.6 Å². The van der Waals surface area contributed by atoms with E-state index in [2.05, 4.69) is 0 Å². The number of methoxy groups -OCH3 is 4. The molecule has 4 aromatic carbocycles. The topological polar surface area (TPSA) is 149 Å². The molecule has 0 N–H and O–H groups in total. The van der Waals surface area contributed by atoms with Crippen LogP contribution < -0.4 is 18.9 Å². The van der Waals surface area contributed by atoms with Crippen LogP contribution in [0.25, 0.3) is 0 Å². The van der Waals surface area contributed by atoms with E-state index in [-0.39, 0.29) is 38.9 Å². The molecule has 57 heavy (non-hydrogen) atoms. The first-order valence-corrected chi connectivity index (χ1v) is 18.4. The van der Waals surface area contributed by atoms with Crippen LogP contribution in [-0.2, 0) is 45.4 Å². The standard InChI is InChI=1S/C43H48N2O12/c1-50-36-17-7-31(8-18-36)26-54-40(46)44(41(47)55-27-32-9-19-37(51-2)20-10-32)25-30-5-15-35(16-6-30)45(42(48)56-28-33-11-21-38(52-3)22-12-33)43(49)57-29-34-13-23-39(53-4)24-14-34/h7-14,17-24,30,35H,5-6,15-16,25-29H2,1-4H3. The summed E-state index contributed by atoms with van der Waals surface area (Å²) >= 11 is 0. The van der Waals surface area contributed by atoms with E-state index in [4.69, 9.17) is 37.9 Å². The molecule has 0 aromatic heterocycles. The van der Waals surface area contributed by atoms with Gasteiger partial charge in [0.25, 0.3) is 0 Å². The third-order valence-corrected chi connectivity index (χ3v) is 9.54. The van der Waals surface area contributed by atoms with Gasteiger partial charge in [-0.15, -0.1) is 0 Å². The number of hydrogen-bond donors (Lipinski definition) is 0. The van der Waals surface area contributed by atoms with Crippen LogP contribution >= 0.6 is 0 Å². The molecule has 0 saturated heterocycles. The van der Waals surface area contributed by atoms with E-state index < -0.39 is 30.4 Å². The number of amides is 4. The highest BCUT2D eigenvalue weighted by Gasteiger charge is 2.37. The maximum Gasteiger partial charge on any atom is 0.419 e. The maximum absolute atomic E-state index is 13.6. The van der Waals surface area contributed by atoms with Crippen molar-refractivity contribution in [2.75, 3.05) is 35.0 Å². The van der Waals surface area contributed by atoms with Crippen LogP contribution in [0.2, 0.25) is 0 Å². The number of ether oxygens (including phenoxy) is 8. The average Bonchev–Trinajstić information content (AvgIpc) is 3.26. The number of nitrogens with zero attached hydrogens (tertiary/aromatic N) is 2. The highest BCUT2D eigenvalue weighted by atomic mass is 16.6. The van der Waals surface area contributed by atoms with Crippen molar-refractivity contribution in [3.05, 3.63) is 119 Å². The fourth-order valence-corrected chi connectivity index (χ4v) is 6.20. The molecule has 0 radical (unpaired) electrons. The van der Waals surface area contributed by atoms with Crippen LogP contribution in [0, 0.1) is 5.92 Å². The lowest BCUT2D eigenvalue weighted by Gasteiger charge is -2.35. The number of carbonyl (C=O) groups is 4. The molecule has 4 aromatic rings. The zero-order valence-corrected chi connectivity index (χ0v) is 32.5. The Morgan fingerprint density at radius 2 is 0.719 bits per heavy atom. The minimum absolute atomic E-state index is 0.000552. The van der Waals surface area contributed by atoms with Crippen molar-refractivity contribution >= 4 is 24.4 Å². The lowest BCUT2D eigenvalue weighted by molar-refractivity contribution is 0.0427. The summed E-state index contributed by atoms with van der Waals surface area (Å²) in [6.45, 7) is -0.313. The molecule has 0 heterocycles. The van der Waals surface area contributed by atoms with Gasteiger partial charge in [-0.05, 0) is 102 Å². The van der Waals surface area contributed by atoms with Crippen molar-refractivity contribution in [3.8, 4) is 23.0 Å². The number of carbonyl (C=O) groups excluding carboxylic acids is 4. The van der Waals surface area contributed by atoms with Gasteiger partial charge in [-0.25, -0.2) is 29.0 Å². The van der Waals surface area contributed by atoms with E-state index in [1.807, 2.05) is 0 Å². The van der Waals surface area contributed by atoms with E-state index in [0.29, 0.717) is 70.9 Å². The van der Waals surface area contributed by atoms with Crippen LogP contribution in [0.1, 0.15) is 47.9 Å².